The predicted molar refractivity (Wildman–Crippen MR) is 69.9 cm³/mol. The van der Waals surface area contributed by atoms with E-state index in [2.05, 4.69) is 39.8 Å². The van der Waals surface area contributed by atoms with Crippen molar-refractivity contribution in [1.29, 1.82) is 0 Å². The summed E-state index contributed by atoms with van der Waals surface area (Å²) in [5.41, 5.74) is 0. The van der Waals surface area contributed by atoms with E-state index in [-0.39, 0.29) is 0 Å². The van der Waals surface area contributed by atoms with E-state index in [1.54, 1.807) is 0 Å². The lowest BCUT2D eigenvalue weighted by atomic mass is 10.1. The second-order valence-electron chi connectivity index (χ2n) is 4.85. The van der Waals surface area contributed by atoms with E-state index in [0.29, 0.717) is 6.04 Å². The molecule has 17 heavy (non-hydrogen) atoms. The van der Waals surface area contributed by atoms with Gasteiger partial charge < -0.3 is 9.88 Å². The molecule has 2 heterocycles. The van der Waals surface area contributed by atoms with Crippen molar-refractivity contribution in [2.45, 2.75) is 45.8 Å². The highest BCUT2D eigenvalue weighted by Crippen LogP contribution is 2.15. The molecule has 1 aromatic rings. The number of imidazole rings is 1. The van der Waals surface area contributed by atoms with E-state index in [1.807, 2.05) is 6.20 Å². The summed E-state index contributed by atoms with van der Waals surface area (Å²) in [6, 6.07) is 0.666. The predicted octanol–water partition coefficient (Wildman–Crippen LogP) is 1.48. The Labute approximate surface area is 104 Å². The van der Waals surface area contributed by atoms with Crippen LogP contribution in [0.2, 0.25) is 0 Å². The second-order valence-corrected chi connectivity index (χ2v) is 4.85. The topological polar surface area (TPSA) is 33.1 Å². The summed E-state index contributed by atoms with van der Waals surface area (Å²) in [6.07, 6.45) is 6.53. The molecule has 1 unspecified atom stereocenters. The summed E-state index contributed by atoms with van der Waals surface area (Å²) in [4.78, 5) is 6.96. The molecule has 0 radical (unpaired) electrons. The molecular weight excluding hydrogens is 212 g/mol. The summed E-state index contributed by atoms with van der Waals surface area (Å²) in [5.74, 6) is 1.22. The number of nitrogens with zero attached hydrogens (tertiary/aromatic N) is 3. The van der Waals surface area contributed by atoms with Crippen molar-refractivity contribution in [1.82, 2.24) is 19.8 Å². The molecule has 96 valence electrons. The minimum Gasteiger partial charge on any atom is -0.333 e. The van der Waals surface area contributed by atoms with Crippen molar-refractivity contribution in [3.8, 4) is 0 Å². The average Bonchev–Trinajstić information content (AvgIpc) is 2.81. The highest BCUT2D eigenvalue weighted by Gasteiger charge is 2.20. The maximum atomic E-state index is 4.41. The highest BCUT2D eigenvalue weighted by atomic mass is 15.2. The van der Waals surface area contributed by atoms with Gasteiger partial charge in [0.05, 0.1) is 6.54 Å². The molecule has 0 aromatic carbocycles. The zero-order valence-electron chi connectivity index (χ0n) is 11.0. The van der Waals surface area contributed by atoms with Gasteiger partial charge in [-0.05, 0) is 32.9 Å². The molecule has 0 amide bonds. The summed E-state index contributed by atoms with van der Waals surface area (Å²) < 4.78 is 2.27. The molecule has 0 saturated heterocycles. The Hall–Kier alpha value is -0.870. The molecule has 1 atom stereocenters. The van der Waals surface area contributed by atoms with Crippen molar-refractivity contribution in [3.05, 3.63) is 18.2 Å². The van der Waals surface area contributed by atoms with Crippen LogP contribution < -0.4 is 5.32 Å². The van der Waals surface area contributed by atoms with Crippen molar-refractivity contribution < 1.29 is 0 Å². The fourth-order valence-electron chi connectivity index (χ4n) is 2.45. The van der Waals surface area contributed by atoms with Gasteiger partial charge in [-0.2, -0.15) is 0 Å². The normalized spacial score (nSPS) is 18.0. The van der Waals surface area contributed by atoms with Gasteiger partial charge >= 0.3 is 0 Å². The van der Waals surface area contributed by atoms with E-state index in [1.165, 1.54) is 18.7 Å². The third-order valence-electron chi connectivity index (χ3n) is 3.62. The first-order chi connectivity index (χ1) is 8.31. The van der Waals surface area contributed by atoms with E-state index in [4.69, 9.17) is 0 Å². The van der Waals surface area contributed by atoms with Crippen LogP contribution in [0.5, 0.6) is 0 Å². The van der Waals surface area contributed by atoms with Gasteiger partial charge in [-0.15, -0.1) is 0 Å². The quantitative estimate of drug-likeness (QED) is 0.759. The minimum absolute atomic E-state index is 0.666. The largest absolute Gasteiger partial charge is 0.333 e. The van der Waals surface area contributed by atoms with Gasteiger partial charge in [0.2, 0.25) is 0 Å². The van der Waals surface area contributed by atoms with Gasteiger partial charge in [-0.3, -0.25) is 4.90 Å². The molecule has 0 saturated carbocycles. The maximum absolute atomic E-state index is 4.41. The number of fused-ring (bicyclic) bond motifs is 1. The van der Waals surface area contributed by atoms with Crippen LogP contribution in [0.1, 0.15) is 32.5 Å². The Balaban J connectivity index is 1.76. The minimum atomic E-state index is 0.666. The number of rotatable bonds is 6. The van der Waals surface area contributed by atoms with Gasteiger partial charge in [0.25, 0.3) is 0 Å². The van der Waals surface area contributed by atoms with Crippen molar-refractivity contribution in [3.63, 3.8) is 0 Å². The van der Waals surface area contributed by atoms with E-state index >= 15 is 0 Å². The molecule has 0 spiro atoms. The Morgan fingerprint density at radius 3 is 3.18 bits per heavy atom. The Morgan fingerprint density at radius 1 is 1.47 bits per heavy atom. The van der Waals surface area contributed by atoms with E-state index < -0.39 is 0 Å². The van der Waals surface area contributed by atoms with Gasteiger partial charge in [-0.1, -0.05) is 6.92 Å². The first kappa shape index (κ1) is 12.6. The van der Waals surface area contributed by atoms with Crippen LogP contribution in [0.3, 0.4) is 0 Å². The number of hydrogen-bond donors (Lipinski definition) is 1. The second kappa shape index (κ2) is 6.17. The van der Waals surface area contributed by atoms with Crippen LogP contribution in [-0.4, -0.2) is 40.1 Å². The summed E-state index contributed by atoms with van der Waals surface area (Å²) in [5, 5.41) is 3.38. The molecule has 4 nitrogen and oxygen atoms in total. The highest BCUT2D eigenvalue weighted by molar-refractivity contribution is 4.96. The smallest absolute Gasteiger partial charge is 0.122 e. The van der Waals surface area contributed by atoms with E-state index in [0.717, 1.165) is 32.7 Å². The average molecular weight is 236 g/mol. The molecule has 0 aliphatic carbocycles. The fourth-order valence-corrected chi connectivity index (χ4v) is 2.45. The molecule has 4 heteroatoms. The molecule has 1 N–H and O–H groups in total. The zero-order chi connectivity index (χ0) is 12.1. The van der Waals surface area contributed by atoms with Gasteiger partial charge in [0.15, 0.2) is 0 Å². The summed E-state index contributed by atoms with van der Waals surface area (Å²) in [7, 11) is 0. The van der Waals surface area contributed by atoms with Crippen LogP contribution in [-0.2, 0) is 13.1 Å². The Bertz CT molecular complexity index is 334. The lowest BCUT2D eigenvalue weighted by Gasteiger charge is -2.32. The lowest BCUT2D eigenvalue weighted by Crippen LogP contribution is -2.40. The van der Waals surface area contributed by atoms with Gasteiger partial charge in [0.1, 0.15) is 5.82 Å². The lowest BCUT2D eigenvalue weighted by molar-refractivity contribution is 0.154. The molecule has 1 aromatic heterocycles. The number of aromatic nitrogens is 2. The third-order valence-corrected chi connectivity index (χ3v) is 3.62. The Morgan fingerprint density at radius 2 is 2.35 bits per heavy atom. The first-order valence-electron chi connectivity index (χ1n) is 6.76. The maximum Gasteiger partial charge on any atom is 0.122 e. The molecule has 0 bridgehead atoms. The van der Waals surface area contributed by atoms with Crippen molar-refractivity contribution in [2.75, 3.05) is 19.6 Å². The van der Waals surface area contributed by atoms with Gasteiger partial charge in [-0.25, -0.2) is 4.98 Å². The van der Waals surface area contributed by atoms with Crippen molar-refractivity contribution in [2.24, 2.45) is 0 Å². The molecule has 0 fully saturated rings. The van der Waals surface area contributed by atoms with Crippen LogP contribution >= 0.6 is 0 Å². The van der Waals surface area contributed by atoms with Gasteiger partial charge in [0, 0.05) is 31.5 Å². The molecule has 1 aliphatic heterocycles. The van der Waals surface area contributed by atoms with Crippen LogP contribution in [0, 0.1) is 0 Å². The number of nitrogens with one attached hydrogen (secondary N) is 1. The Kier molecular flexibility index (Phi) is 4.57. The van der Waals surface area contributed by atoms with Crippen LogP contribution in [0.25, 0.3) is 0 Å². The molecular formula is C13H24N4. The standard InChI is InChI=1S/C13H24N4/c1-3-14-6-4-5-12(2)17-10-9-16-8-7-15-13(16)11-17/h7-8,12,14H,3-6,9-11H2,1-2H3. The monoisotopic (exact) mass is 236 g/mol. The SMILES string of the molecule is CCNCCCC(C)N1CCn2ccnc2C1. The first-order valence-corrected chi connectivity index (χ1v) is 6.76. The fraction of sp³-hybridized carbons (Fsp3) is 0.769. The third kappa shape index (κ3) is 3.30. The summed E-state index contributed by atoms with van der Waals surface area (Å²) in [6.45, 7) is 9.98. The van der Waals surface area contributed by atoms with Crippen molar-refractivity contribution >= 4 is 0 Å². The van der Waals surface area contributed by atoms with Crippen LogP contribution in [0.15, 0.2) is 12.4 Å². The van der Waals surface area contributed by atoms with Crippen LogP contribution in [0.4, 0.5) is 0 Å². The zero-order valence-corrected chi connectivity index (χ0v) is 11.0. The molecule has 1 aliphatic rings. The number of hydrogen-bond acceptors (Lipinski definition) is 3. The molecule has 2 rings (SSSR count). The van der Waals surface area contributed by atoms with E-state index in [9.17, 15) is 0 Å². The summed E-state index contributed by atoms with van der Waals surface area (Å²) >= 11 is 0.